The number of likely N-dealkylation sites (tertiary alicyclic amines) is 1. The minimum absolute atomic E-state index is 0.0670. The summed E-state index contributed by atoms with van der Waals surface area (Å²) < 4.78 is 0. The van der Waals surface area contributed by atoms with Gasteiger partial charge in [0.25, 0.3) is 5.91 Å². The highest BCUT2D eigenvalue weighted by molar-refractivity contribution is 6.09. The van der Waals surface area contributed by atoms with Crippen molar-refractivity contribution in [3.05, 3.63) is 77.4 Å². The van der Waals surface area contributed by atoms with Crippen molar-refractivity contribution in [2.45, 2.75) is 50.0 Å². The first-order valence-electron chi connectivity index (χ1n) is 12.0. The smallest absolute Gasteiger partial charge is 0.264 e. The first-order valence-corrected chi connectivity index (χ1v) is 12.0. The summed E-state index contributed by atoms with van der Waals surface area (Å²) in [5.74, 6) is -0.619. The van der Waals surface area contributed by atoms with Crippen molar-refractivity contribution in [2.24, 2.45) is 0 Å². The summed E-state index contributed by atoms with van der Waals surface area (Å²) in [7, 11) is 0. The molecule has 3 atom stereocenters. The number of Topliss-reactive ketones (excluding diaryl/α,β-unsaturated/α-hetero) is 1. The minimum Gasteiger partial charge on any atom is -0.386 e. The zero-order chi connectivity index (χ0) is 23.6. The Morgan fingerprint density at radius 2 is 1.68 bits per heavy atom. The van der Waals surface area contributed by atoms with E-state index in [0.29, 0.717) is 11.3 Å². The molecule has 6 nitrogen and oxygen atoms in total. The van der Waals surface area contributed by atoms with Crippen molar-refractivity contribution in [3.63, 3.8) is 0 Å². The van der Waals surface area contributed by atoms with Gasteiger partial charge >= 0.3 is 0 Å². The standard InChI is InChI=1S/C28H28N2O4/c1-17(31)16-28(34)22-10-2-3-11-23(22)30(27(28)33)19-12-14-29(15-13-19)25-20-8-4-6-18-7-5-9-21(24(18)20)26(25)32/h2-11,19,25-26,32,34H,12-16H2,1H3/t25-,26-,28-/m0/s1. The van der Waals surface area contributed by atoms with Gasteiger partial charge in [0, 0.05) is 31.1 Å². The number of aliphatic hydroxyl groups is 2. The van der Waals surface area contributed by atoms with Crippen LogP contribution in [0.15, 0.2) is 60.7 Å². The fourth-order valence-electron chi connectivity index (χ4n) is 6.40. The Labute approximate surface area is 198 Å². The lowest BCUT2D eigenvalue weighted by Gasteiger charge is -2.41. The van der Waals surface area contributed by atoms with Gasteiger partial charge in [0.05, 0.1) is 17.8 Å². The Hall–Kier alpha value is -3.06. The molecule has 3 aromatic carbocycles. The van der Waals surface area contributed by atoms with Crippen LogP contribution in [0.3, 0.4) is 0 Å². The summed E-state index contributed by atoms with van der Waals surface area (Å²) in [6.07, 6.45) is 0.666. The molecule has 0 saturated carbocycles. The second kappa shape index (κ2) is 7.73. The van der Waals surface area contributed by atoms with Crippen LogP contribution in [0.1, 0.15) is 55.0 Å². The van der Waals surface area contributed by atoms with Gasteiger partial charge in [-0.05, 0) is 47.7 Å². The molecule has 1 aliphatic carbocycles. The van der Waals surface area contributed by atoms with E-state index < -0.39 is 17.6 Å². The molecule has 6 rings (SSSR count). The van der Waals surface area contributed by atoms with E-state index in [1.54, 1.807) is 17.0 Å². The van der Waals surface area contributed by atoms with Crippen LogP contribution in [0.5, 0.6) is 0 Å². The van der Waals surface area contributed by atoms with Crippen LogP contribution in [0.25, 0.3) is 10.8 Å². The molecule has 1 saturated heterocycles. The fraction of sp³-hybridized carbons (Fsp3) is 0.357. The Morgan fingerprint density at radius 1 is 1.00 bits per heavy atom. The number of benzene rings is 3. The third-order valence-electron chi connectivity index (χ3n) is 7.85. The number of hydrogen-bond donors (Lipinski definition) is 2. The van der Waals surface area contributed by atoms with Crippen molar-refractivity contribution in [1.29, 1.82) is 0 Å². The molecular formula is C28H28N2O4. The van der Waals surface area contributed by atoms with Gasteiger partial charge in [0.2, 0.25) is 0 Å². The molecule has 0 radical (unpaired) electrons. The molecule has 0 aromatic heterocycles. The summed E-state index contributed by atoms with van der Waals surface area (Å²) in [5.41, 5.74) is 1.58. The maximum absolute atomic E-state index is 13.5. The molecule has 3 aromatic rings. The molecule has 0 spiro atoms. The average molecular weight is 457 g/mol. The lowest BCUT2D eigenvalue weighted by Crippen LogP contribution is -2.50. The number of hydrogen-bond acceptors (Lipinski definition) is 5. The highest BCUT2D eigenvalue weighted by atomic mass is 16.3. The van der Waals surface area contributed by atoms with E-state index in [1.165, 1.54) is 6.92 Å². The van der Waals surface area contributed by atoms with Crippen molar-refractivity contribution >= 4 is 28.2 Å². The number of anilines is 1. The molecule has 0 bridgehead atoms. The number of amides is 1. The Kier molecular flexibility index (Phi) is 4.88. The number of carbonyl (C=O) groups excluding carboxylic acids is 2. The van der Waals surface area contributed by atoms with Gasteiger partial charge in [0.1, 0.15) is 5.78 Å². The molecule has 1 fully saturated rings. The normalized spacial score (nSPS) is 26.9. The van der Waals surface area contributed by atoms with Crippen LogP contribution in [0, 0.1) is 0 Å². The summed E-state index contributed by atoms with van der Waals surface area (Å²) >= 11 is 0. The number of ketones is 1. The third kappa shape index (κ3) is 2.99. The zero-order valence-corrected chi connectivity index (χ0v) is 19.1. The van der Waals surface area contributed by atoms with Crippen molar-refractivity contribution in [2.75, 3.05) is 18.0 Å². The van der Waals surface area contributed by atoms with E-state index in [4.69, 9.17) is 0 Å². The third-order valence-corrected chi connectivity index (χ3v) is 7.85. The predicted octanol–water partition coefficient (Wildman–Crippen LogP) is 3.61. The first-order chi connectivity index (χ1) is 16.4. The van der Waals surface area contributed by atoms with Crippen LogP contribution in [-0.4, -0.2) is 45.9 Å². The first kappa shape index (κ1) is 21.5. The molecule has 1 amide bonds. The monoisotopic (exact) mass is 456 g/mol. The highest BCUT2D eigenvalue weighted by Gasteiger charge is 2.52. The minimum atomic E-state index is -1.79. The number of nitrogens with zero attached hydrogens (tertiary/aromatic N) is 2. The van der Waals surface area contributed by atoms with Crippen LogP contribution in [-0.2, 0) is 15.2 Å². The summed E-state index contributed by atoms with van der Waals surface area (Å²) in [6.45, 7) is 2.86. The molecule has 3 aliphatic rings. The van der Waals surface area contributed by atoms with Crippen molar-refractivity contribution < 1.29 is 19.8 Å². The molecular weight excluding hydrogens is 428 g/mol. The molecule has 2 N–H and O–H groups in total. The van der Waals surface area contributed by atoms with E-state index in [-0.39, 0.29) is 24.3 Å². The van der Waals surface area contributed by atoms with E-state index in [1.807, 2.05) is 24.3 Å². The van der Waals surface area contributed by atoms with Crippen molar-refractivity contribution in [1.82, 2.24) is 4.90 Å². The molecule has 2 heterocycles. The highest BCUT2D eigenvalue weighted by Crippen LogP contribution is 2.49. The van der Waals surface area contributed by atoms with Gasteiger partial charge < -0.3 is 15.1 Å². The van der Waals surface area contributed by atoms with E-state index in [2.05, 4.69) is 29.2 Å². The topological polar surface area (TPSA) is 81.1 Å². The van der Waals surface area contributed by atoms with Gasteiger partial charge in [-0.1, -0.05) is 54.6 Å². The number of para-hydroxylation sites is 1. The lowest BCUT2D eigenvalue weighted by atomic mass is 9.90. The quantitative estimate of drug-likeness (QED) is 0.627. The molecule has 6 heteroatoms. The molecule has 0 unspecified atom stereocenters. The number of carbonyl (C=O) groups is 2. The summed E-state index contributed by atoms with van der Waals surface area (Å²) in [6, 6.07) is 19.4. The second-order valence-corrected chi connectivity index (χ2v) is 9.88. The van der Waals surface area contributed by atoms with Crippen LogP contribution < -0.4 is 4.90 Å². The van der Waals surface area contributed by atoms with E-state index in [9.17, 15) is 19.8 Å². The Balaban J connectivity index is 1.26. The van der Waals surface area contributed by atoms with Crippen LogP contribution in [0.4, 0.5) is 5.69 Å². The summed E-state index contributed by atoms with van der Waals surface area (Å²) in [4.78, 5) is 29.4. The van der Waals surface area contributed by atoms with Gasteiger partial charge in [-0.3, -0.25) is 14.5 Å². The number of fused-ring (bicyclic) bond motifs is 1. The molecule has 34 heavy (non-hydrogen) atoms. The van der Waals surface area contributed by atoms with Gasteiger partial charge in [-0.25, -0.2) is 0 Å². The maximum Gasteiger partial charge on any atom is 0.264 e. The van der Waals surface area contributed by atoms with Gasteiger partial charge in [-0.2, -0.15) is 0 Å². The maximum atomic E-state index is 13.5. The Bertz CT molecular complexity index is 1310. The summed E-state index contributed by atoms with van der Waals surface area (Å²) in [5, 5.41) is 24.8. The van der Waals surface area contributed by atoms with Gasteiger partial charge in [-0.15, -0.1) is 0 Å². The van der Waals surface area contributed by atoms with Crippen molar-refractivity contribution in [3.8, 4) is 0 Å². The fourth-order valence-corrected chi connectivity index (χ4v) is 6.40. The zero-order valence-electron chi connectivity index (χ0n) is 19.1. The predicted molar refractivity (Wildman–Crippen MR) is 129 cm³/mol. The second-order valence-electron chi connectivity index (χ2n) is 9.88. The van der Waals surface area contributed by atoms with E-state index in [0.717, 1.165) is 47.8 Å². The van der Waals surface area contributed by atoms with Crippen LogP contribution in [0.2, 0.25) is 0 Å². The number of aliphatic hydroxyl groups excluding tert-OH is 1. The van der Waals surface area contributed by atoms with Crippen LogP contribution >= 0.6 is 0 Å². The number of rotatable bonds is 4. The average Bonchev–Trinajstić information content (AvgIpc) is 3.24. The Morgan fingerprint density at radius 3 is 2.38 bits per heavy atom. The molecule has 2 aliphatic heterocycles. The largest absolute Gasteiger partial charge is 0.386 e. The SMILES string of the molecule is CC(=O)C[C@@]1(O)C(=O)N(C2CCN([C@H]3c4cccc5cccc(c45)[C@@H]3O)CC2)c2ccccc21. The molecule has 174 valence electrons. The lowest BCUT2D eigenvalue weighted by molar-refractivity contribution is -0.141. The van der Waals surface area contributed by atoms with Gasteiger partial charge in [0.15, 0.2) is 5.60 Å². The number of piperidine rings is 1. The van der Waals surface area contributed by atoms with E-state index >= 15 is 0 Å².